The molecule has 108 valence electrons. The van der Waals surface area contributed by atoms with E-state index in [1.54, 1.807) is 11.8 Å². The van der Waals surface area contributed by atoms with E-state index in [2.05, 4.69) is 22.0 Å². The van der Waals surface area contributed by atoms with E-state index < -0.39 is 0 Å². The molecular weight excluding hydrogens is 272 g/mol. The first kappa shape index (κ1) is 13.8. The first-order chi connectivity index (χ1) is 9.63. The Balaban J connectivity index is 1.78. The third kappa shape index (κ3) is 2.81. The summed E-state index contributed by atoms with van der Waals surface area (Å²) in [6.07, 6.45) is 2.27. The maximum absolute atomic E-state index is 5.42. The summed E-state index contributed by atoms with van der Waals surface area (Å²) in [6, 6.07) is 2.03. The fourth-order valence-electron chi connectivity index (χ4n) is 2.65. The lowest BCUT2D eigenvalue weighted by atomic mass is 9.97. The SMILES string of the molecule is Cc1cc(C)n2nc(S[C@H](C)C3CCOCC3)nc2n1. The Labute approximate surface area is 123 Å². The molecule has 1 aliphatic heterocycles. The van der Waals surface area contributed by atoms with Gasteiger partial charge in [0.05, 0.1) is 0 Å². The van der Waals surface area contributed by atoms with E-state index in [0.29, 0.717) is 16.9 Å². The van der Waals surface area contributed by atoms with Crippen molar-refractivity contribution in [1.29, 1.82) is 0 Å². The lowest BCUT2D eigenvalue weighted by molar-refractivity contribution is 0.0669. The summed E-state index contributed by atoms with van der Waals surface area (Å²) in [6.45, 7) is 8.05. The van der Waals surface area contributed by atoms with Gasteiger partial charge in [0.2, 0.25) is 5.16 Å². The second-order valence-corrected chi connectivity index (χ2v) is 6.76. The van der Waals surface area contributed by atoms with Crippen LogP contribution in [0.2, 0.25) is 0 Å². The van der Waals surface area contributed by atoms with E-state index in [-0.39, 0.29) is 0 Å². The summed E-state index contributed by atoms with van der Waals surface area (Å²) < 4.78 is 7.25. The van der Waals surface area contributed by atoms with Crippen molar-refractivity contribution >= 4 is 17.5 Å². The van der Waals surface area contributed by atoms with E-state index in [1.807, 2.05) is 24.4 Å². The number of hydrogen-bond donors (Lipinski definition) is 0. The molecule has 5 nitrogen and oxygen atoms in total. The van der Waals surface area contributed by atoms with Gasteiger partial charge in [-0.1, -0.05) is 18.7 Å². The maximum atomic E-state index is 5.42. The van der Waals surface area contributed by atoms with Gasteiger partial charge in [-0.25, -0.2) is 9.50 Å². The molecule has 0 saturated carbocycles. The number of aryl methyl sites for hydroxylation is 2. The second kappa shape index (κ2) is 5.69. The van der Waals surface area contributed by atoms with Crippen LogP contribution in [0.25, 0.3) is 5.78 Å². The highest BCUT2D eigenvalue weighted by Crippen LogP contribution is 2.31. The lowest BCUT2D eigenvalue weighted by Crippen LogP contribution is -2.23. The third-order valence-electron chi connectivity index (χ3n) is 3.82. The van der Waals surface area contributed by atoms with Crippen molar-refractivity contribution in [2.45, 2.75) is 44.0 Å². The van der Waals surface area contributed by atoms with Crippen LogP contribution in [-0.2, 0) is 4.74 Å². The molecule has 0 bridgehead atoms. The maximum Gasteiger partial charge on any atom is 0.253 e. The first-order valence-electron chi connectivity index (χ1n) is 7.09. The average molecular weight is 292 g/mol. The topological polar surface area (TPSA) is 52.3 Å². The van der Waals surface area contributed by atoms with E-state index >= 15 is 0 Å². The second-order valence-electron chi connectivity index (χ2n) is 5.42. The van der Waals surface area contributed by atoms with Crippen LogP contribution >= 0.6 is 11.8 Å². The normalized spacial score (nSPS) is 18.6. The molecule has 2 aromatic rings. The molecule has 6 heteroatoms. The molecule has 3 heterocycles. The Bertz CT molecular complexity index is 606. The van der Waals surface area contributed by atoms with Crippen LogP contribution in [0.1, 0.15) is 31.2 Å². The number of fused-ring (bicyclic) bond motifs is 1. The number of ether oxygens (including phenoxy) is 1. The molecule has 0 amide bonds. The molecule has 0 spiro atoms. The Morgan fingerprint density at radius 1 is 1.30 bits per heavy atom. The monoisotopic (exact) mass is 292 g/mol. The van der Waals surface area contributed by atoms with Crippen LogP contribution in [0.4, 0.5) is 0 Å². The Morgan fingerprint density at radius 3 is 2.80 bits per heavy atom. The molecule has 3 rings (SSSR count). The molecule has 1 aliphatic rings. The number of rotatable bonds is 3. The van der Waals surface area contributed by atoms with Crippen LogP contribution in [-0.4, -0.2) is 38.0 Å². The molecule has 2 aromatic heterocycles. The van der Waals surface area contributed by atoms with Gasteiger partial charge in [0.15, 0.2) is 0 Å². The van der Waals surface area contributed by atoms with Gasteiger partial charge in [-0.05, 0) is 38.7 Å². The number of nitrogens with zero attached hydrogens (tertiary/aromatic N) is 4. The van der Waals surface area contributed by atoms with Gasteiger partial charge in [-0.3, -0.25) is 0 Å². The van der Waals surface area contributed by atoms with Crippen LogP contribution in [0.3, 0.4) is 0 Å². The van der Waals surface area contributed by atoms with Gasteiger partial charge in [0.25, 0.3) is 5.78 Å². The highest BCUT2D eigenvalue weighted by Gasteiger charge is 2.23. The van der Waals surface area contributed by atoms with Gasteiger partial charge in [0, 0.05) is 29.9 Å². The van der Waals surface area contributed by atoms with Gasteiger partial charge >= 0.3 is 0 Å². The fourth-order valence-corrected chi connectivity index (χ4v) is 3.71. The van der Waals surface area contributed by atoms with Crippen molar-refractivity contribution in [2.75, 3.05) is 13.2 Å². The minimum atomic E-state index is 0.512. The van der Waals surface area contributed by atoms with Crippen LogP contribution in [0.5, 0.6) is 0 Å². The minimum absolute atomic E-state index is 0.512. The molecule has 1 fully saturated rings. The van der Waals surface area contributed by atoms with Gasteiger partial charge in [-0.15, -0.1) is 5.10 Å². The average Bonchev–Trinajstić information content (AvgIpc) is 2.82. The fraction of sp³-hybridized carbons (Fsp3) is 0.643. The van der Waals surface area contributed by atoms with E-state index in [9.17, 15) is 0 Å². The van der Waals surface area contributed by atoms with E-state index in [4.69, 9.17) is 4.74 Å². The van der Waals surface area contributed by atoms with Gasteiger partial charge < -0.3 is 4.74 Å². The summed E-state index contributed by atoms with van der Waals surface area (Å²) >= 11 is 1.75. The number of aromatic nitrogens is 4. The molecule has 0 unspecified atom stereocenters. The number of thioether (sulfide) groups is 1. The van der Waals surface area contributed by atoms with Crippen molar-refractivity contribution in [3.8, 4) is 0 Å². The van der Waals surface area contributed by atoms with Crippen molar-refractivity contribution < 1.29 is 4.74 Å². The Kier molecular flexibility index (Phi) is 3.94. The van der Waals surface area contributed by atoms with Crippen molar-refractivity contribution in [1.82, 2.24) is 19.6 Å². The highest BCUT2D eigenvalue weighted by molar-refractivity contribution is 7.99. The first-order valence-corrected chi connectivity index (χ1v) is 7.97. The van der Waals surface area contributed by atoms with Crippen molar-refractivity contribution in [3.05, 3.63) is 17.5 Å². The molecule has 1 atom stereocenters. The van der Waals surface area contributed by atoms with Gasteiger partial charge in [-0.2, -0.15) is 4.98 Å². The van der Waals surface area contributed by atoms with Crippen LogP contribution < -0.4 is 0 Å². The molecule has 0 radical (unpaired) electrons. The summed E-state index contributed by atoms with van der Waals surface area (Å²) in [5.74, 6) is 1.39. The lowest BCUT2D eigenvalue weighted by Gasteiger charge is -2.26. The largest absolute Gasteiger partial charge is 0.381 e. The van der Waals surface area contributed by atoms with Crippen molar-refractivity contribution in [3.63, 3.8) is 0 Å². The third-order valence-corrected chi connectivity index (χ3v) is 4.96. The molecular formula is C14H20N4OS. The molecule has 0 N–H and O–H groups in total. The van der Waals surface area contributed by atoms with Crippen LogP contribution in [0.15, 0.2) is 11.2 Å². The Hall–Kier alpha value is -1.14. The number of hydrogen-bond acceptors (Lipinski definition) is 5. The highest BCUT2D eigenvalue weighted by atomic mass is 32.2. The summed E-state index contributed by atoms with van der Waals surface area (Å²) in [7, 11) is 0. The smallest absolute Gasteiger partial charge is 0.253 e. The van der Waals surface area contributed by atoms with Gasteiger partial charge in [0.1, 0.15) is 0 Å². The molecule has 20 heavy (non-hydrogen) atoms. The standard InChI is InChI=1S/C14H20N4OS/c1-9-8-10(2)18-13(15-9)16-14(17-18)20-11(3)12-4-6-19-7-5-12/h8,11-12H,4-7H2,1-3H3/t11-/m1/s1. The predicted octanol–water partition coefficient (Wildman–Crippen LogP) is 2.65. The quantitative estimate of drug-likeness (QED) is 0.814. The van der Waals surface area contributed by atoms with E-state index in [0.717, 1.165) is 42.6 Å². The zero-order valence-corrected chi connectivity index (χ0v) is 13.0. The summed E-state index contributed by atoms with van der Waals surface area (Å²) in [5.41, 5.74) is 2.06. The zero-order valence-electron chi connectivity index (χ0n) is 12.2. The summed E-state index contributed by atoms with van der Waals surface area (Å²) in [4.78, 5) is 8.97. The molecule has 0 aliphatic carbocycles. The van der Waals surface area contributed by atoms with E-state index in [1.165, 1.54) is 0 Å². The Morgan fingerprint density at radius 2 is 2.05 bits per heavy atom. The summed E-state index contributed by atoms with van der Waals surface area (Å²) in [5, 5.41) is 5.90. The molecule has 1 saturated heterocycles. The molecule has 0 aromatic carbocycles. The van der Waals surface area contributed by atoms with Crippen LogP contribution in [0, 0.1) is 19.8 Å². The van der Waals surface area contributed by atoms with Crippen molar-refractivity contribution in [2.24, 2.45) is 5.92 Å². The predicted molar refractivity (Wildman–Crippen MR) is 79.1 cm³/mol. The zero-order chi connectivity index (χ0) is 14.1. The minimum Gasteiger partial charge on any atom is -0.381 e.